The van der Waals surface area contributed by atoms with Crippen molar-refractivity contribution in [2.24, 2.45) is 5.73 Å². The van der Waals surface area contributed by atoms with Crippen LogP contribution in [-0.2, 0) is 4.79 Å². The number of halogens is 1. The van der Waals surface area contributed by atoms with Gasteiger partial charge in [-0.25, -0.2) is 0 Å². The van der Waals surface area contributed by atoms with Crippen LogP contribution in [0.1, 0.15) is 11.6 Å². The summed E-state index contributed by atoms with van der Waals surface area (Å²) in [5, 5.41) is 3.84. The predicted molar refractivity (Wildman–Crippen MR) is 67.8 cm³/mol. The molecular weight excluding hydrogens is 238 g/mol. The van der Waals surface area contributed by atoms with Crippen LogP contribution in [0.2, 0.25) is 5.02 Å². The Hall–Kier alpha value is -1.10. The molecule has 1 unspecified atom stereocenters. The van der Waals surface area contributed by atoms with E-state index >= 15 is 0 Å². The molecule has 92 valence electrons. The van der Waals surface area contributed by atoms with Crippen LogP contribution in [0.25, 0.3) is 0 Å². The van der Waals surface area contributed by atoms with Gasteiger partial charge < -0.3 is 11.1 Å². The number of primary amides is 1. The predicted octanol–water partition coefficient (Wildman–Crippen LogP) is 0.772. The molecule has 1 atom stereocenters. The average molecular weight is 254 g/mol. The topological polar surface area (TPSA) is 58.4 Å². The monoisotopic (exact) mass is 253 g/mol. The van der Waals surface area contributed by atoms with Crippen molar-refractivity contribution in [2.75, 3.05) is 26.2 Å². The molecule has 5 heteroatoms. The Bertz CT molecular complexity index is 404. The van der Waals surface area contributed by atoms with Crippen LogP contribution < -0.4 is 11.1 Å². The molecule has 4 nitrogen and oxygen atoms in total. The van der Waals surface area contributed by atoms with Crippen molar-refractivity contribution in [1.82, 2.24) is 10.2 Å². The molecule has 17 heavy (non-hydrogen) atoms. The van der Waals surface area contributed by atoms with Gasteiger partial charge >= 0.3 is 0 Å². The lowest BCUT2D eigenvalue weighted by atomic mass is 10.0. The van der Waals surface area contributed by atoms with Crippen LogP contribution >= 0.6 is 11.6 Å². The molecule has 0 bridgehead atoms. The Morgan fingerprint density at radius 3 is 2.59 bits per heavy atom. The quantitative estimate of drug-likeness (QED) is 0.837. The standard InChI is InChI=1S/C12H16ClN3O/c13-10-4-2-1-3-9(10)11(12(14)17)16-7-5-15-6-8-16/h1-4,11,15H,5-8H2,(H2,14,17). The molecule has 1 amide bonds. The van der Waals surface area contributed by atoms with Gasteiger partial charge in [-0.05, 0) is 11.6 Å². The lowest BCUT2D eigenvalue weighted by Crippen LogP contribution is -2.48. The number of nitrogens with zero attached hydrogens (tertiary/aromatic N) is 1. The fourth-order valence-electron chi connectivity index (χ4n) is 2.17. The van der Waals surface area contributed by atoms with Crippen LogP contribution in [0.5, 0.6) is 0 Å². The van der Waals surface area contributed by atoms with E-state index in [9.17, 15) is 4.79 Å². The molecule has 1 heterocycles. The van der Waals surface area contributed by atoms with E-state index in [1.807, 2.05) is 18.2 Å². The van der Waals surface area contributed by atoms with Crippen LogP contribution in [0.15, 0.2) is 24.3 Å². The van der Waals surface area contributed by atoms with Crippen molar-refractivity contribution in [2.45, 2.75) is 6.04 Å². The Morgan fingerprint density at radius 2 is 2.00 bits per heavy atom. The lowest BCUT2D eigenvalue weighted by molar-refractivity contribution is -0.123. The minimum atomic E-state index is -0.425. The van der Waals surface area contributed by atoms with E-state index < -0.39 is 6.04 Å². The molecule has 1 aliphatic heterocycles. The number of benzene rings is 1. The van der Waals surface area contributed by atoms with Crippen molar-refractivity contribution in [3.05, 3.63) is 34.9 Å². The minimum Gasteiger partial charge on any atom is -0.368 e. The van der Waals surface area contributed by atoms with E-state index in [2.05, 4.69) is 10.2 Å². The molecule has 0 spiro atoms. The van der Waals surface area contributed by atoms with E-state index in [-0.39, 0.29) is 5.91 Å². The number of nitrogens with one attached hydrogen (secondary N) is 1. The second-order valence-corrected chi connectivity index (χ2v) is 4.52. The van der Waals surface area contributed by atoms with Gasteiger partial charge in [0.15, 0.2) is 0 Å². The van der Waals surface area contributed by atoms with Gasteiger partial charge in [-0.1, -0.05) is 29.8 Å². The Balaban J connectivity index is 2.28. The van der Waals surface area contributed by atoms with Gasteiger partial charge in [-0.15, -0.1) is 0 Å². The maximum absolute atomic E-state index is 11.7. The highest BCUT2D eigenvalue weighted by Gasteiger charge is 2.28. The van der Waals surface area contributed by atoms with Crippen LogP contribution in [0, 0.1) is 0 Å². The largest absolute Gasteiger partial charge is 0.368 e. The summed E-state index contributed by atoms with van der Waals surface area (Å²) >= 11 is 6.13. The van der Waals surface area contributed by atoms with Crippen LogP contribution in [-0.4, -0.2) is 37.0 Å². The summed E-state index contributed by atoms with van der Waals surface area (Å²) < 4.78 is 0. The van der Waals surface area contributed by atoms with E-state index in [0.717, 1.165) is 31.7 Å². The average Bonchev–Trinajstić information content (AvgIpc) is 2.33. The summed E-state index contributed by atoms with van der Waals surface area (Å²) in [4.78, 5) is 13.7. The third-order valence-corrected chi connectivity index (χ3v) is 3.33. The molecule has 1 saturated heterocycles. The van der Waals surface area contributed by atoms with Gasteiger partial charge in [0.05, 0.1) is 0 Å². The maximum Gasteiger partial charge on any atom is 0.239 e. The Morgan fingerprint density at radius 1 is 1.35 bits per heavy atom. The fourth-order valence-corrected chi connectivity index (χ4v) is 2.41. The summed E-state index contributed by atoms with van der Waals surface area (Å²) in [6.45, 7) is 3.35. The zero-order chi connectivity index (χ0) is 12.3. The third-order valence-electron chi connectivity index (χ3n) is 2.99. The summed E-state index contributed by atoms with van der Waals surface area (Å²) in [7, 11) is 0. The number of hydrogen-bond donors (Lipinski definition) is 2. The number of piperazine rings is 1. The number of carbonyl (C=O) groups excluding carboxylic acids is 1. The van der Waals surface area contributed by atoms with E-state index in [0.29, 0.717) is 5.02 Å². The summed E-state index contributed by atoms with van der Waals surface area (Å²) in [6, 6.07) is 6.95. The molecule has 3 N–H and O–H groups in total. The van der Waals surface area contributed by atoms with Gasteiger partial charge in [-0.3, -0.25) is 9.69 Å². The Kier molecular flexibility index (Phi) is 3.99. The Labute approximate surface area is 106 Å². The molecule has 1 aromatic carbocycles. The molecule has 0 aliphatic carbocycles. The van der Waals surface area contributed by atoms with Crippen molar-refractivity contribution in [3.63, 3.8) is 0 Å². The molecule has 0 aromatic heterocycles. The zero-order valence-electron chi connectivity index (χ0n) is 9.53. The molecule has 0 radical (unpaired) electrons. The highest BCUT2D eigenvalue weighted by molar-refractivity contribution is 6.31. The highest BCUT2D eigenvalue weighted by atomic mass is 35.5. The SMILES string of the molecule is NC(=O)C(c1ccccc1Cl)N1CCNCC1. The molecule has 1 fully saturated rings. The minimum absolute atomic E-state index is 0.347. The van der Waals surface area contributed by atoms with Crippen LogP contribution in [0.4, 0.5) is 0 Å². The summed E-state index contributed by atoms with van der Waals surface area (Å²) in [6.07, 6.45) is 0. The number of nitrogens with two attached hydrogens (primary N) is 1. The number of carbonyl (C=O) groups is 1. The zero-order valence-corrected chi connectivity index (χ0v) is 10.3. The lowest BCUT2D eigenvalue weighted by Gasteiger charge is -2.33. The second-order valence-electron chi connectivity index (χ2n) is 4.11. The normalized spacial score (nSPS) is 18.9. The van der Waals surface area contributed by atoms with E-state index in [1.165, 1.54) is 0 Å². The van der Waals surface area contributed by atoms with Crippen LogP contribution in [0.3, 0.4) is 0 Å². The van der Waals surface area contributed by atoms with Gasteiger partial charge in [0.1, 0.15) is 6.04 Å². The van der Waals surface area contributed by atoms with Gasteiger partial charge in [0, 0.05) is 31.2 Å². The first-order valence-electron chi connectivity index (χ1n) is 5.68. The highest BCUT2D eigenvalue weighted by Crippen LogP contribution is 2.27. The number of hydrogen-bond acceptors (Lipinski definition) is 3. The first-order chi connectivity index (χ1) is 8.20. The number of amides is 1. The first kappa shape index (κ1) is 12.4. The van der Waals surface area contributed by atoms with Crippen molar-refractivity contribution >= 4 is 17.5 Å². The van der Waals surface area contributed by atoms with E-state index in [4.69, 9.17) is 17.3 Å². The fraction of sp³-hybridized carbons (Fsp3) is 0.417. The number of rotatable bonds is 3. The molecule has 0 saturated carbocycles. The maximum atomic E-state index is 11.7. The van der Waals surface area contributed by atoms with Gasteiger partial charge in [0.25, 0.3) is 0 Å². The van der Waals surface area contributed by atoms with Crippen molar-refractivity contribution in [1.29, 1.82) is 0 Å². The van der Waals surface area contributed by atoms with Crippen molar-refractivity contribution < 1.29 is 4.79 Å². The summed E-state index contributed by atoms with van der Waals surface area (Å²) in [5.74, 6) is -0.347. The first-order valence-corrected chi connectivity index (χ1v) is 6.06. The van der Waals surface area contributed by atoms with Gasteiger partial charge in [-0.2, -0.15) is 0 Å². The van der Waals surface area contributed by atoms with Crippen molar-refractivity contribution in [3.8, 4) is 0 Å². The van der Waals surface area contributed by atoms with E-state index in [1.54, 1.807) is 6.07 Å². The molecule has 2 rings (SSSR count). The second kappa shape index (κ2) is 5.49. The molecule has 1 aromatic rings. The molecular formula is C12H16ClN3O. The smallest absolute Gasteiger partial charge is 0.239 e. The van der Waals surface area contributed by atoms with Gasteiger partial charge in [0.2, 0.25) is 5.91 Å². The third kappa shape index (κ3) is 2.77. The summed E-state index contributed by atoms with van der Waals surface area (Å²) in [5.41, 5.74) is 6.30. The molecule has 1 aliphatic rings.